The van der Waals surface area contributed by atoms with Crippen LogP contribution in [-0.2, 0) is 28.8 Å². The van der Waals surface area contributed by atoms with E-state index >= 15 is 0 Å². The summed E-state index contributed by atoms with van der Waals surface area (Å²) in [5, 5.41) is 43.7. The highest BCUT2D eigenvalue weighted by Crippen LogP contribution is 2.32. The summed E-state index contributed by atoms with van der Waals surface area (Å²) in [5.74, 6) is -7.38. The first-order valence-electron chi connectivity index (χ1n) is 23.2. The average molecular weight is 971 g/mol. The quantitative estimate of drug-likeness (QED) is 0.0920. The Balaban J connectivity index is 0.989. The minimum absolute atomic E-state index is 0.00379. The molecule has 5 N–H and O–H groups in total. The van der Waals surface area contributed by atoms with E-state index in [0.717, 1.165) is 4.90 Å². The number of piperidine rings is 1. The molecule has 23 heteroatoms. The summed E-state index contributed by atoms with van der Waals surface area (Å²) in [6, 6.07) is 7.04. The Kier molecular flexibility index (Phi) is 19.5. The number of alkyl halides is 2. The summed E-state index contributed by atoms with van der Waals surface area (Å²) in [6.07, 6.45) is 5.08. The van der Waals surface area contributed by atoms with Gasteiger partial charge in [-0.05, 0) is 76.9 Å². The van der Waals surface area contributed by atoms with E-state index in [4.69, 9.17) is 4.74 Å². The molecule has 0 unspecified atom stereocenters. The van der Waals surface area contributed by atoms with Gasteiger partial charge in [0.2, 0.25) is 17.7 Å². The van der Waals surface area contributed by atoms with E-state index in [1.807, 2.05) is 16.8 Å². The Morgan fingerprint density at radius 3 is 2.17 bits per heavy atom. The second kappa shape index (κ2) is 25.0. The summed E-state index contributed by atoms with van der Waals surface area (Å²) in [6.45, 7) is 0.813. The lowest BCUT2D eigenvalue weighted by molar-refractivity contribution is -0.142. The van der Waals surface area contributed by atoms with E-state index in [-0.39, 0.29) is 69.1 Å². The zero-order valence-electron chi connectivity index (χ0n) is 39.2. The number of rotatable bonds is 24. The first-order chi connectivity index (χ1) is 32.8. The molecular formula is C46H64F2N10O11. The number of amides is 4. The number of aromatic nitrogens is 1. The van der Waals surface area contributed by atoms with Crippen molar-refractivity contribution in [2.45, 2.75) is 81.3 Å². The number of likely N-dealkylation sites (N-methyl/N-ethyl adjacent to an activating group) is 2. The van der Waals surface area contributed by atoms with Gasteiger partial charge in [-0.25, -0.2) is 8.78 Å². The fourth-order valence-electron chi connectivity index (χ4n) is 9.40. The molecule has 3 aliphatic rings. The van der Waals surface area contributed by atoms with Crippen LogP contribution in [0.1, 0.15) is 68.1 Å². The Bertz CT molecular complexity index is 2180. The number of aliphatic carboxylic acids is 3. The number of carbonyl (C=O) groups excluding carboxylic acids is 4. The summed E-state index contributed by atoms with van der Waals surface area (Å²) in [4.78, 5) is 101. The van der Waals surface area contributed by atoms with E-state index in [1.165, 1.54) is 12.3 Å². The maximum absolute atomic E-state index is 13.8. The molecule has 5 rings (SSSR count). The van der Waals surface area contributed by atoms with Crippen molar-refractivity contribution in [2.24, 2.45) is 0 Å². The number of nitrogens with one attached hydrogen (secondary N) is 2. The zero-order valence-corrected chi connectivity index (χ0v) is 39.2. The fraction of sp³-hybridized carbons (Fsp3) is 0.630. The summed E-state index contributed by atoms with van der Waals surface area (Å²) < 4.78 is 33.5. The molecule has 0 saturated carbocycles. The van der Waals surface area contributed by atoms with Gasteiger partial charge in [-0.15, -0.1) is 0 Å². The summed E-state index contributed by atoms with van der Waals surface area (Å²) in [5.41, 5.74) is -0.163. The highest BCUT2D eigenvalue weighted by atomic mass is 19.3. The average Bonchev–Trinajstić information content (AvgIpc) is 3.52. The van der Waals surface area contributed by atoms with Gasteiger partial charge in [0.25, 0.3) is 11.8 Å². The van der Waals surface area contributed by atoms with Crippen molar-refractivity contribution in [1.82, 2.24) is 45.0 Å². The molecule has 0 aliphatic carbocycles. The molecule has 0 spiro atoms. The zero-order chi connectivity index (χ0) is 50.3. The van der Waals surface area contributed by atoms with E-state index in [0.29, 0.717) is 101 Å². The van der Waals surface area contributed by atoms with Gasteiger partial charge in [-0.3, -0.25) is 58.1 Å². The van der Waals surface area contributed by atoms with Crippen molar-refractivity contribution in [3.05, 3.63) is 36.0 Å². The molecule has 1 aromatic heterocycles. The van der Waals surface area contributed by atoms with Crippen LogP contribution < -0.4 is 15.4 Å². The summed E-state index contributed by atoms with van der Waals surface area (Å²) in [7, 11) is 3.53. The molecule has 0 radical (unpaired) electrons. The third kappa shape index (κ3) is 16.0. The fourth-order valence-corrected chi connectivity index (χ4v) is 9.40. The van der Waals surface area contributed by atoms with Crippen molar-refractivity contribution < 1.29 is 62.4 Å². The molecule has 21 nitrogen and oxygen atoms in total. The van der Waals surface area contributed by atoms with Crippen LogP contribution in [0.5, 0.6) is 5.75 Å². The number of nitriles is 1. The highest BCUT2D eigenvalue weighted by molar-refractivity contribution is 6.07. The van der Waals surface area contributed by atoms with Crippen LogP contribution in [0.4, 0.5) is 8.78 Å². The second-order valence-electron chi connectivity index (χ2n) is 18.3. The largest absolute Gasteiger partial charge is 0.494 e. The molecular weight excluding hydrogens is 907 g/mol. The molecule has 3 saturated heterocycles. The van der Waals surface area contributed by atoms with Crippen molar-refractivity contribution in [3.63, 3.8) is 0 Å². The molecule has 0 bridgehead atoms. The number of halogens is 2. The number of carboxylic acid groups (broad SMARTS) is 3. The van der Waals surface area contributed by atoms with Gasteiger partial charge in [0, 0.05) is 81.8 Å². The molecule has 3 fully saturated rings. The lowest BCUT2D eigenvalue weighted by Crippen LogP contribution is -2.59. The minimum atomic E-state index is -3.17. The molecule has 1 aromatic carbocycles. The standard InChI is InChI=1S/C46H64F2N10O11/c1-53(32-11-16-57(17-12-32)39(60)7-3-4-13-45(54(2)26-41(62)63)29-55(27-42(64)65)18-19-56(30-45)28-43(66)67)25-38(59)51-14-5-6-20-69-34-8-9-37-36(21-34)35(10-15-50-37)44(68)52-24-40(61)58-31-46(47,48)22-33(58)23-49/h8-10,15,21,32-33H,3-7,11-14,16-20,22,24-31H2,1-2H3,(H,51,59)(H,52,68)(H,62,63)(H,64,65)(H,66,67)/t33-/m0/s1. The molecule has 4 heterocycles. The number of pyridine rings is 1. The number of likely N-dealkylation sites (tertiary alicyclic amines) is 2. The number of hydrogen-bond acceptors (Lipinski definition) is 14. The van der Waals surface area contributed by atoms with Crippen LogP contribution in [0.15, 0.2) is 30.5 Å². The molecule has 1 atom stereocenters. The van der Waals surface area contributed by atoms with Crippen LogP contribution >= 0.6 is 0 Å². The van der Waals surface area contributed by atoms with E-state index < -0.39 is 66.7 Å². The third-order valence-electron chi connectivity index (χ3n) is 13.0. The number of hydrogen-bond donors (Lipinski definition) is 5. The van der Waals surface area contributed by atoms with E-state index in [1.54, 1.807) is 46.0 Å². The van der Waals surface area contributed by atoms with Crippen molar-refractivity contribution in [2.75, 3.05) is 106 Å². The van der Waals surface area contributed by atoms with Gasteiger partial charge in [-0.1, -0.05) is 6.42 Å². The van der Waals surface area contributed by atoms with Crippen LogP contribution in [0.3, 0.4) is 0 Å². The van der Waals surface area contributed by atoms with Crippen molar-refractivity contribution >= 4 is 52.4 Å². The van der Waals surface area contributed by atoms with Gasteiger partial charge in [0.05, 0.1) is 63.0 Å². The molecule has 378 valence electrons. The topological polar surface area (TPSA) is 270 Å². The second-order valence-corrected chi connectivity index (χ2v) is 18.3. The van der Waals surface area contributed by atoms with Crippen LogP contribution in [0.2, 0.25) is 0 Å². The van der Waals surface area contributed by atoms with Crippen molar-refractivity contribution in [3.8, 4) is 11.8 Å². The Morgan fingerprint density at radius 2 is 1.54 bits per heavy atom. The van der Waals surface area contributed by atoms with Crippen molar-refractivity contribution in [1.29, 1.82) is 5.26 Å². The SMILES string of the molecule is CN(CC(=O)NCCCCOc1ccc2nccc(C(=O)NCC(=O)N3CC(F)(F)C[C@H]3C#N)c2c1)C1CCN(C(=O)CCCCC2(N(C)CC(=O)O)CN(CC(=O)O)CCN(CC(=O)O)C2)CC1. The Hall–Kier alpha value is -6.09. The molecule has 3 aliphatic heterocycles. The summed E-state index contributed by atoms with van der Waals surface area (Å²) >= 11 is 0. The first-order valence-corrected chi connectivity index (χ1v) is 23.2. The van der Waals surface area contributed by atoms with E-state index in [9.17, 15) is 62.9 Å². The molecule has 69 heavy (non-hydrogen) atoms. The van der Waals surface area contributed by atoms with Crippen LogP contribution in [-0.4, -0.2) is 221 Å². The monoisotopic (exact) mass is 970 g/mol. The predicted octanol–water partition coefficient (Wildman–Crippen LogP) is 1.02. The van der Waals surface area contributed by atoms with Gasteiger partial charge in [0.15, 0.2) is 0 Å². The first kappa shape index (κ1) is 53.9. The molecule has 4 amide bonds. The van der Waals surface area contributed by atoms with Gasteiger partial charge in [-0.2, -0.15) is 5.26 Å². The maximum Gasteiger partial charge on any atom is 0.317 e. The number of unbranched alkanes of at least 4 members (excludes halogenated alkanes) is 2. The normalized spacial score (nSPS) is 18.7. The smallest absolute Gasteiger partial charge is 0.317 e. The number of fused-ring (bicyclic) bond motifs is 1. The number of nitrogens with zero attached hydrogens (tertiary/aromatic N) is 8. The Labute approximate surface area is 399 Å². The maximum atomic E-state index is 13.8. The predicted molar refractivity (Wildman–Crippen MR) is 244 cm³/mol. The Morgan fingerprint density at radius 1 is 0.855 bits per heavy atom. The van der Waals surface area contributed by atoms with Crippen LogP contribution in [0.25, 0.3) is 10.9 Å². The van der Waals surface area contributed by atoms with E-state index in [2.05, 4.69) is 15.6 Å². The highest BCUT2D eigenvalue weighted by Gasteiger charge is 2.47. The molecule has 2 aromatic rings. The lowest BCUT2D eigenvalue weighted by atomic mass is 9.88. The number of carbonyl (C=O) groups is 7. The number of carboxylic acids is 3. The number of ether oxygens (including phenoxy) is 1. The van der Waals surface area contributed by atoms with Crippen LogP contribution in [0, 0.1) is 11.3 Å². The minimum Gasteiger partial charge on any atom is -0.494 e. The van der Waals surface area contributed by atoms with Gasteiger partial charge < -0.3 is 40.5 Å². The number of benzene rings is 1. The van der Waals surface area contributed by atoms with Gasteiger partial charge in [0.1, 0.15) is 11.8 Å². The lowest BCUT2D eigenvalue weighted by Gasteiger charge is -2.44. The van der Waals surface area contributed by atoms with Gasteiger partial charge >= 0.3 is 17.9 Å². The third-order valence-corrected chi connectivity index (χ3v) is 13.0.